The summed E-state index contributed by atoms with van der Waals surface area (Å²) in [4.78, 5) is 21.9. The van der Waals surface area contributed by atoms with Crippen molar-refractivity contribution < 1.29 is 13.2 Å². The summed E-state index contributed by atoms with van der Waals surface area (Å²) in [6.45, 7) is 7.87. The lowest BCUT2D eigenvalue weighted by atomic mass is 10.0. The summed E-state index contributed by atoms with van der Waals surface area (Å²) in [5, 5.41) is 2.66. The first-order chi connectivity index (χ1) is 15.8. The Morgan fingerprint density at radius 2 is 1.94 bits per heavy atom. The van der Waals surface area contributed by atoms with Crippen LogP contribution < -0.4 is 4.72 Å². The smallest absolute Gasteiger partial charge is 0.242 e. The third-order valence-electron chi connectivity index (χ3n) is 6.67. The molecular weight excluding hydrogens is 458 g/mol. The summed E-state index contributed by atoms with van der Waals surface area (Å²) in [7, 11) is -3.69. The molecule has 2 aliphatic rings. The van der Waals surface area contributed by atoms with E-state index in [1.165, 1.54) is 24.2 Å². The molecule has 4 heterocycles. The van der Waals surface area contributed by atoms with E-state index < -0.39 is 10.0 Å². The molecule has 2 aliphatic heterocycles. The maximum atomic E-state index is 13.1. The van der Waals surface area contributed by atoms with E-state index in [1.54, 1.807) is 16.8 Å². The Morgan fingerprint density at radius 3 is 2.64 bits per heavy atom. The summed E-state index contributed by atoms with van der Waals surface area (Å²) < 4.78 is 30.7. The van der Waals surface area contributed by atoms with Crippen LogP contribution in [-0.4, -0.2) is 72.4 Å². The summed E-state index contributed by atoms with van der Waals surface area (Å²) in [6.07, 6.45) is 8.36. The number of nitrogens with zero attached hydrogens (tertiary/aromatic N) is 4. The second-order valence-electron chi connectivity index (χ2n) is 9.20. The van der Waals surface area contributed by atoms with E-state index in [2.05, 4.69) is 21.5 Å². The van der Waals surface area contributed by atoms with Gasteiger partial charge in [-0.15, -0.1) is 11.3 Å². The van der Waals surface area contributed by atoms with Crippen molar-refractivity contribution >= 4 is 27.3 Å². The number of thiazole rings is 1. The van der Waals surface area contributed by atoms with Gasteiger partial charge in [-0.2, -0.15) is 0 Å². The van der Waals surface area contributed by atoms with Crippen LogP contribution in [0.5, 0.6) is 0 Å². The number of hydrogen-bond donors (Lipinski definition) is 1. The lowest BCUT2D eigenvalue weighted by Gasteiger charge is -2.33. The number of carbonyl (C=O) groups is 1. The lowest BCUT2D eigenvalue weighted by Crippen LogP contribution is -2.42. The molecule has 4 rings (SSSR count). The molecule has 0 aromatic carbocycles. The molecule has 2 saturated heterocycles. The van der Waals surface area contributed by atoms with Crippen LogP contribution in [0.15, 0.2) is 22.5 Å². The van der Waals surface area contributed by atoms with E-state index in [9.17, 15) is 13.2 Å². The number of aryl methyl sites for hydroxylation is 1. The molecule has 1 unspecified atom stereocenters. The largest absolute Gasteiger partial charge is 0.341 e. The number of nitrogens with one attached hydrogen (secondary N) is 1. The molecule has 182 valence electrons. The molecule has 10 heteroatoms. The highest BCUT2D eigenvalue weighted by Gasteiger charge is 2.24. The number of carbonyl (C=O) groups excluding carboxylic acids is 1. The predicted octanol–water partition coefficient (Wildman–Crippen LogP) is 3.09. The molecule has 1 N–H and O–H groups in total. The number of sulfonamides is 1. The van der Waals surface area contributed by atoms with Gasteiger partial charge < -0.3 is 9.47 Å². The second-order valence-corrected chi connectivity index (χ2v) is 11.8. The van der Waals surface area contributed by atoms with E-state index in [4.69, 9.17) is 0 Å². The van der Waals surface area contributed by atoms with E-state index in [0.717, 1.165) is 56.0 Å². The van der Waals surface area contributed by atoms with Gasteiger partial charge in [-0.25, -0.2) is 18.1 Å². The first kappa shape index (κ1) is 24.4. The Kier molecular flexibility index (Phi) is 7.88. The van der Waals surface area contributed by atoms with Crippen molar-refractivity contribution in [3.05, 3.63) is 23.3 Å². The Balaban J connectivity index is 1.50. The Labute approximate surface area is 201 Å². The Morgan fingerprint density at radius 1 is 1.18 bits per heavy atom. The summed E-state index contributed by atoms with van der Waals surface area (Å²) >= 11 is 1.46. The molecule has 0 saturated carbocycles. The molecule has 0 radical (unpaired) electrons. The summed E-state index contributed by atoms with van der Waals surface area (Å²) in [5.41, 5.74) is 1.55. The molecule has 0 bridgehead atoms. The first-order valence-corrected chi connectivity index (χ1v) is 14.3. The van der Waals surface area contributed by atoms with Crippen molar-refractivity contribution in [1.29, 1.82) is 0 Å². The van der Waals surface area contributed by atoms with Gasteiger partial charge in [-0.05, 0) is 58.6 Å². The fourth-order valence-corrected chi connectivity index (χ4v) is 6.59. The van der Waals surface area contributed by atoms with Crippen LogP contribution >= 0.6 is 11.3 Å². The molecule has 2 aromatic rings. The molecule has 2 fully saturated rings. The molecule has 1 atom stereocenters. The van der Waals surface area contributed by atoms with Crippen LogP contribution in [0.3, 0.4) is 0 Å². The second kappa shape index (κ2) is 10.7. The molecule has 33 heavy (non-hydrogen) atoms. The van der Waals surface area contributed by atoms with Gasteiger partial charge in [0.25, 0.3) is 0 Å². The molecule has 0 spiro atoms. The monoisotopic (exact) mass is 493 g/mol. The fourth-order valence-electron chi connectivity index (χ4n) is 4.70. The Hall–Kier alpha value is -1.75. The molecule has 2 aromatic heterocycles. The van der Waals surface area contributed by atoms with Crippen LogP contribution in [-0.2, 0) is 21.4 Å². The standard InChI is InChI=1S/C23H35N5O3S2/c1-18-17-32-23(25-18)21-14-20(15-28(21)16-22(29)27-11-5-3-6-12-27)33(30,31)24-9-13-26-10-7-4-8-19(26)2/h14-15,17,19,24H,3-13,16H2,1-2H3. The van der Waals surface area contributed by atoms with Gasteiger partial charge in [0.2, 0.25) is 15.9 Å². The van der Waals surface area contributed by atoms with Gasteiger partial charge in [0.1, 0.15) is 16.4 Å². The van der Waals surface area contributed by atoms with Crippen molar-refractivity contribution in [2.75, 3.05) is 32.7 Å². The van der Waals surface area contributed by atoms with Crippen molar-refractivity contribution in [3.8, 4) is 10.7 Å². The summed E-state index contributed by atoms with van der Waals surface area (Å²) in [6, 6.07) is 2.14. The summed E-state index contributed by atoms with van der Waals surface area (Å²) in [5.74, 6) is 0.0239. The van der Waals surface area contributed by atoms with E-state index in [-0.39, 0.29) is 17.3 Å². The van der Waals surface area contributed by atoms with E-state index >= 15 is 0 Å². The lowest BCUT2D eigenvalue weighted by molar-refractivity contribution is -0.132. The van der Waals surface area contributed by atoms with Crippen LogP contribution in [0.1, 0.15) is 51.1 Å². The van der Waals surface area contributed by atoms with Gasteiger partial charge >= 0.3 is 0 Å². The van der Waals surface area contributed by atoms with Gasteiger partial charge in [-0.3, -0.25) is 9.69 Å². The van der Waals surface area contributed by atoms with Gasteiger partial charge in [0.15, 0.2) is 0 Å². The van der Waals surface area contributed by atoms with Crippen LogP contribution in [0.25, 0.3) is 10.7 Å². The highest BCUT2D eigenvalue weighted by Crippen LogP contribution is 2.28. The first-order valence-electron chi connectivity index (χ1n) is 12.0. The van der Waals surface area contributed by atoms with Crippen molar-refractivity contribution in [1.82, 2.24) is 24.1 Å². The van der Waals surface area contributed by atoms with Crippen LogP contribution in [0, 0.1) is 6.92 Å². The number of likely N-dealkylation sites (tertiary alicyclic amines) is 2. The number of piperidine rings is 2. The van der Waals surface area contributed by atoms with Crippen molar-refractivity contribution in [2.24, 2.45) is 0 Å². The number of hydrogen-bond acceptors (Lipinski definition) is 6. The zero-order valence-corrected chi connectivity index (χ0v) is 21.3. The minimum absolute atomic E-state index is 0.0239. The van der Waals surface area contributed by atoms with Crippen molar-refractivity contribution in [2.45, 2.75) is 69.9 Å². The van der Waals surface area contributed by atoms with Crippen LogP contribution in [0.4, 0.5) is 0 Å². The fraction of sp³-hybridized carbons (Fsp3) is 0.652. The average Bonchev–Trinajstić information content (AvgIpc) is 3.42. The molecule has 1 amide bonds. The molecule has 0 aliphatic carbocycles. The maximum Gasteiger partial charge on any atom is 0.242 e. The van der Waals surface area contributed by atoms with Crippen molar-refractivity contribution in [3.63, 3.8) is 0 Å². The maximum absolute atomic E-state index is 13.1. The molecule has 8 nitrogen and oxygen atoms in total. The number of rotatable bonds is 8. The predicted molar refractivity (Wildman–Crippen MR) is 131 cm³/mol. The average molecular weight is 494 g/mol. The normalized spacial score (nSPS) is 20.3. The third kappa shape index (κ3) is 6.03. The Bertz CT molecular complexity index is 1060. The highest BCUT2D eigenvalue weighted by molar-refractivity contribution is 7.89. The van der Waals surface area contributed by atoms with E-state index in [1.807, 2.05) is 17.2 Å². The third-order valence-corrected chi connectivity index (χ3v) is 9.08. The minimum Gasteiger partial charge on any atom is -0.341 e. The highest BCUT2D eigenvalue weighted by atomic mass is 32.2. The van der Waals surface area contributed by atoms with Crippen LogP contribution in [0.2, 0.25) is 0 Å². The van der Waals surface area contributed by atoms with Gasteiger partial charge in [0.05, 0.1) is 5.69 Å². The van der Waals surface area contributed by atoms with Gasteiger partial charge in [0, 0.05) is 49.5 Å². The van der Waals surface area contributed by atoms with Gasteiger partial charge in [-0.1, -0.05) is 6.42 Å². The number of aromatic nitrogens is 2. The zero-order chi connectivity index (χ0) is 23.4. The van der Waals surface area contributed by atoms with E-state index in [0.29, 0.717) is 24.8 Å². The zero-order valence-electron chi connectivity index (χ0n) is 19.6. The number of amides is 1. The SMILES string of the molecule is Cc1csc(-c2cc(S(=O)(=O)NCCN3CCCCC3C)cn2CC(=O)N2CCCCC2)n1. The minimum atomic E-state index is -3.69. The quantitative estimate of drug-likeness (QED) is 0.611. The topological polar surface area (TPSA) is 87.5 Å². The molecular formula is C23H35N5O3S2.